The van der Waals surface area contributed by atoms with Crippen molar-refractivity contribution in [1.82, 2.24) is 24.8 Å². The van der Waals surface area contributed by atoms with Gasteiger partial charge in [-0.15, -0.1) is 6.58 Å². The van der Waals surface area contributed by atoms with Crippen molar-refractivity contribution in [2.24, 2.45) is 17.3 Å². The third-order valence-electron chi connectivity index (χ3n) is 12.1. The Morgan fingerprint density at radius 1 is 1.03 bits per heavy atom. The number of carbonyl (C=O) groups excluding carboxylic acids is 4. The smallest absolute Gasteiger partial charge is 0.408 e. The molecule has 1 aromatic heterocycles. The van der Waals surface area contributed by atoms with Gasteiger partial charge in [0, 0.05) is 48.4 Å². The molecule has 13 nitrogen and oxygen atoms in total. The molecule has 4 fully saturated rings. The third kappa shape index (κ3) is 8.68. The van der Waals surface area contributed by atoms with E-state index in [4.69, 9.17) is 14.5 Å². The summed E-state index contributed by atoms with van der Waals surface area (Å²) in [5.74, 6) is -3.95. The van der Waals surface area contributed by atoms with E-state index in [1.807, 2.05) is 30.3 Å². The second-order valence-corrected chi connectivity index (χ2v) is 19.3. The first-order valence-corrected chi connectivity index (χ1v) is 21.7. The number of benzene rings is 2. The normalized spacial score (nSPS) is 24.8. The predicted molar refractivity (Wildman–Crippen MR) is 216 cm³/mol. The monoisotopic (exact) mass is 853 g/mol. The van der Waals surface area contributed by atoms with Gasteiger partial charge in [0.05, 0.1) is 36.0 Å². The maximum absolute atomic E-state index is 14.9. The maximum atomic E-state index is 14.9. The SMILES string of the molecule is C=C[C@@H]1C[C@]1(NC(=O)[C@@H]1C[C@@H](Oc2cc(-c3ccccc3)nc3cc(OC)ccc23)CN1C(=O)[C@@H](CC(=O)N1CCCC1C(F)(F)F)C(C)(C)C)C(=O)NS(=O)(=O)C1CC1. The van der Waals surface area contributed by atoms with E-state index in [2.05, 4.69) is 16.6 Å². The van der Waals surface area contributed by atoms with Gasteiger partial charge in [0.25, 0.3) is 5.91 Å². The van der Waals surface area contributed by atoms with Crippen LogP contribution in [-0.4, -0.2) is 102 Å². The number of aromatic nitrogens is 1. The molecule has 0 bridgehead atoms. The Bertz CT molecular complexity index is 2300. The quantitative estimate of drug-likeness (QED) is 0.211. The van der Waals surface area contributed by atoms with Crippen molar-refractivity contribution in [3.8, 4) is 22.8 Å². The lowest BCUT2D eigenvalue weighted by molar-refractivity contribution is -0.183. The molecule has 2 saturated carbocycles. The van der Waals surface area contributed by atoms with E-state index < -0.39 is 92.5 Å². The fraction of sp³-hybridized carbons (Fsp3) is 0.512. The van der Waals surface area contributed by atoms with E-state index in [9.17, 15) is 40.8 Å². The average molecular weight is 854 g/mol. The van der Waals surface area contributed by atoms with E-state index in [1.54, 1.807) is 45.0 Å². The second-order valence-electron chi connectivity index (χ2n) is 17.3. The molecule has 0 radical (unpaired) electrons. The Morgan fingerprint density at radius 2 is 1.75 bits per heavy atom. The van der Waals surface area contributed by atoms with E-state index in [1.165, 1.54) is 18.1 Å². The number of halogens is 3. The van der Waals surface area contributed by atoms with Crippen LogP contribution < -0.4 is 19.5 Å². The van der Waals surface area contributed by atoms with E-state index in [-0.39, 0.29) is 38.8 Å². The van der Waals surface area contributed by atoms with Crippen molar-refractivity contribution in [3.05, 3.63) is 67.3 Å². The van der Waals surface area contributed by atoms with Crippen LogP contribution in [0.2, 0.25) is 0 Å². The molecular formula is C43H50F3N5O8S. The van der Waals surface area contributed by atoms with Crippen molar-refractivity contribution in [2.45, 2.75) is 101 Å². The number of pyridine rings is 1. The fourth-order valence-electron chi connectivity index (χ4n) is 8.39. The van der Waals surface area contributed by atoms with Gasteiger partial charge < -0.3 is 24.6 Å². The summed E-state index contributed by atoms with van der Waals surface area (Å²) < 4.78 is 81.7. The van der Waals surface area contributed by atoms with Crippen LogP contribution in [0.4, 0.5) is 13.2 Å². The van der Waals surface area contributed by atoms with Gasteiger partial charge in [0.15, 0.2) is 0 Å². The minimum Gasteiger partial charge on any atom is -0.497 e. The molecule has 2 aromatic carbocycles. The summed E-state index contributed by atoms with van der Waals surface area (Å²) in [6.45, 7) is 8.61. The van der Waals surface area contributed by atoms with E-state index in [0.29, 0.717) is 40.9 Å². The number of hydrogen-bond donors (Lipinski definition) is 2. The Labute approximate surface area is 347 Å². The lowest BCUT2D eigenvalue weighted by atomic mass is 9.77. The van der Waals surface area contributed by atoms with Crippen LogP contribution in [0, 0.1) is 17.3 Å². The van der Waals surface area contributed by atoms with Crippen molar-refractivity contribution in [1.29, 1.82) is 0 Å². The fourth-order valence-corrected chi connectivity index (χ4v) is 9.76. The lowest BCUT2D eigenvalue weighted by Gasteiger charge is -2.36. The highest BCUT2D eigenvalue weighted by Gasteiger charge is 2.62. The van der Waals surface area contributed by atoms with Crippen LogP contribution in [0.15, 0.2) is 67.3 Å². The number of hydrogen-bond acceptors (Lipinski definition) is 9. The van der Waals surface area contributed by atoms with E-state index >= 15 is 0 Å². The zero-order valence-electron chi connectivity index (χ0n) is 34.0. The number of likely N-dealkylation sites (tertiary alicyclic amines) is 2. The minimum absolute atomic E-state index is 0.0684. The first-order valence-electron chi connectivity index (χ1n) is 20.1. The molecule has 3 aromatic rings. The lowest BCUT2D eigenvalue weighted by Crippen LogP contribution is -2.57. The summed E-state index contributed by atoms with van der Waals surface area (Å²) >= 11 is 0. The maximum Gasteiger partial charge on any atom is 0.408 e. The van der Waals surface area contributed by atoms with Crippen LogP contribution in [0.1, 0.15) is 65.7 Å². The largest absolute Gasteiger partial charge is 0.497 e. The number of amides is 4. The molecule has 2 aliphatic carbocycles. The molecule has 2 N–H and O–H groups in total. The highest BCUT2D eigenvalue weighted by molar-refractivity contribution is 7.91. The number of ether oxygens (including phenoxy) is 2. The second kappa shape index (κ2) is 16.0. The van der Waals surface area contributed by atoms with E-state index in [0.717, 1.165) is 10.5 Å². The molecule has 6 atom stereocenters. The van der Waals surface area contributed by atoms with Gasteiger partial charge >= 0.3 is 6.18 Å². The van der Waals surface area contributed by atoms with Gasteiger partial charge in [-0.2, -0.15) is 13.2 Å². The predicted octanol–water partition coefficient (Wildman–Crippen LogP) is 5.53. The molecule has 4 amide bonds. The number of carbonyl (C=O) groups is 4. The number of methoxy groups -OCH3 is 1. The summed E-state index contributed by atoms with van der Waals surface area (Å²) in [6.07, 6.45) is -3.81. The molecule has 17 heteroatoms. The number of nitrogens with zero attached hydrogens (tertiary/aromatic N) is 3. The molecule has 3 heterocycles. The van der Waals surface area contributed by atoms with Crippen LogP contribution in [-0.2, 0) is 29.2 Å². The molecule has 2 saturated heterocycles. The summed E-state index contributed by atoms with van der Waals surface area (Å²) in [5, 5.41) is 2.67. The van der Waals surface area contributed by atoms with Gasteiger partial charge in [-0.3, -0.25) is 23.9 Å². The Balaban J connectivity index is 1.22. The minimum atomic E-state index is -4.63. The summed E-state index contributed by atoms with van der Waals surface area (Å²) in [4.78, 5) is 63.6. The molecule has 4 aliphatic rings. The molecular weight excluding hydrogens is 804 g/mol. The van der Waals surface area contributed by atoms with Gasteiger partial charge in [-0.25, -0.2) is 13.4 Å². The molecule has 2 aliphatic heterocycles. The number of rotatable bonds is 13. The zero-order valence-corrected chi connectivity index (χ0v) is 34.8. The van der Waals surface area contributed by atoms with Gasteiger partial charge in [-0.1, -0.05) is 57.2 Å². The zero-order chi connectivity index (χ0) is 43.4. The van der Waals surface area contributed by atoms with Crippen molar-refractivity contribution in [2.75, 3.05) is 20.2 Å². The molecule has 7 rings (SSSR count). The Hall–Kier alpha value is -5.19. The summed E-state index contributed by atoms with van der Waals surface area (Å²) in [7, 11) is -2.44. The first-order chi connectivity index (χ1) is 28.3. The summed E-state index contributed by atoms with van der Waals surface area (Å²) in [5.41, 5.74) is -0.677. The van der Waals surface area contributed by atoms with Crippen LogP contribution in [0.5, 0.6) is 11.5 Å². The third-order valence-corrected chi connectivity index (χ3v) is 13.9. The molecule has 322 valence electrons. The summed E-state index contributed by atoms with van der Waals surface area (Å²) in [6, 6.07) is 13.2. The topological polar surface area (TPSA) is 164 Å². The number of nitrogens with one attached hydrogen (secondary N) is 2. The average Bonchev–Trinajstić information content (AvgIpc) is 4.08. The number of fused-ring (bicyclic) bond motifs is 1. The highest BCUT2D eigenvalue weighted by Crippen LogP contribution is 2.46. The van der Waals surface area contributed by atoms with Gasteiger partial charge in [-0.05, 0) is 49.7 Å². The van der Waals surface area contributed by atoms with Crippen LogP contribution in [0.25, 0.3) is 22.2 Å². The van der Waals surface area contributed by atoms with Crippen LogP contribution >= 0.6 is 0 Å². The highest BCUT2D eigenvalue weighted by atomic mass is 32.2. The van der Waals surface area contributed by atoms with Crippen molar-refractivity contribution in [3.63, 3.8) is 0 Å². The van der Waals surface area contributed by atoms with Crippen molar-refractivity contribution < 1.29 is 50.2 Å². The molecule has 60 heavy (non-hydrogen) atoms. The first kappa shape index (κ1) is 42.9. The van der Waals surface area contributed by atoms with Gasteiger partial charge in [0.2, 0.25) is 27.7 Å². The number of alkyl halides is 3. The molecule has 0 spiro atoms. The van der Waals surface area contributed by atoms with Gasteiger partial charge in [0.1, 0.15) is 35.2 Å². The Kier molecular flexibility index (Phi) is 11.5. The Morgan fingerprint density at radius 3 is 2.37 bits per heavy atom. The molecule has 1 unspecified atom stereocenters. The standard InChI is InChI=1S/C43H50F3N5O8S/c1-6-26-23-42(26,40(55)49-60(56,57)29-15-16-29)48-38(53)34-20-28(59-35-22-32(25-11-8-7-9-12-25)47-33-19-27(58-5)14-17-30(33)35)24-51(34)39(54)31(41(2,3)4)21-37(52)50-18-10-13-36(50)43(44,45)46/h6-9,11-12,14,17,19,22,26,28-29,31,34,36H,1,10,13,15-16,18,20-21,23-24H2,2-5H3,(H,48,53)(H,49,55)/t26-,28-,31-,34+,36?,42-/m1/s1. The number of sulfonamides is 1. The van der Waals surface area contributed by atoms with Crippen molar-refractivity contribution >= 4 is 44.6 Å². The van der Waals surface area contributed by atoms with Crippen LogP contribution in [0.3, 0.4) is 0 Å².